The van der Waals surface area contributed by atoms with Crippen LogP contribution in [0.4, 0.5) is 0 Å². The Hall–Kier alpha value is -1.31. The molecule has 1 saturated carbocycles. The van der Waals surface area contributed by atoms with Crippen LogP contribution in [-0.4, -0.2) is 63.6 Å². The third-order valence-electron chi connectivity index (χ3n) is 5.93. The summed E-state index contributed by atoms with van der Waals surface area (Å²) in [6, 6.07) is 4.97. The van der Waals surface area contributed by atoms with E-state index in [2.05, 4.69) is 4.90 Å². The van der Waals surface area contributed by atoms with Crippen molar-refractivity contribution in [1.82, 2.24) is 9.21 Å². The summed E-state index contributed by atoms with van der Waals surface area (Å²) >= 11 is 0. The summed E-state index contributed by atoms with van der Waals surface area (Å²) in [7, 11) is -3.49. The number of sulfonamides is 1. The molecule has 27 heavy (non-hydrogen) atoms. The molecule has 2 fully saturated rings. The third-order valence-corrected chi connectivity index (χ3v) is 7.82. The molecule has 1 aromatic rings. The standard InChI is InChI=1S/C20H30N2O4S/c23-27(24,18-7-8-19-20(15-18)26-14-4-13-25-19)22-11-9-21(10-12-22)16-17-5-2-1-3-6-17/h7-8,15,17H,1-6,9-14,16H2. The average molecular weight is 395 g/mol. The van der Waals surface area contributed by atoms with Gasteiger partial charge in [-0.05, 0) is 30.9 Å². The molecule has 150 valence electrons. The number of rotatable bonds is 4. The van der Waals surface area contributed by atoms with E-state index in [-0.39, 0.29) is 0 Å². The Morgan fingerprint density at radius 1 is 0.889 bits per heavy atom. The molecule has 0 unspecified atom stereocenters. The number of hydrogen-bond donors (Lipinski definition) is 0. The summed E-state index contributed by atoms with van der Waals surface area (Å²) in [5.74, 6) is 1.96. The predicted octanol–water partition coefficient (Wildman–Crippen LogP) is 2.73. The number of piperazine rings is 1. The van der Waals surface area contributed by atoms with Crippen LogP contribution in [-0.2, 0) is 10.0 Å². The predicted molar refractivity (Wildman–Crippen MR) is 104 cm³/mol. The van der Waals surface area contributed by atoms with Gasteiger partial charge in [-0.25, -0.2) is 8.42 Å². The second kappa shape index (κ2) is 8.37. The van der Waals surface area contributed by atoms with Crippen LogP contribution in [0.1, 0.15) is 38.5 Å². The molecule has 6 nitrogen and oxygen atoms in total. The first-order valence-electron chi connectivity index (χ1n) is 10.2. The molecule has 1 saturated heterocycles. The molecule has 0 bridgehead atoms. The first-order chi connectivity index (χ1) is 13.1. The normalized spacial score (nSPS) is 23.1. The van der Waals surface area contributed by atoms with Crippen LogP contribution in [0.3, 0.4) is 0 Å². The van der Waals surface area contributed by atoms with Crippen molar-refractivity contribution in [1.29, 1.82) is 0 Å². The van der Waals surface area contributed by atoms with E-state index in [1.807, 2.05) is 0 Å². The quantitative estimate of drug-likeness (QED) is 0.786. The molecule has 0 aromatic heterocycles. The summed E-state index contributed by atoms with van der Waals surface area (Å²) < 4.78 is 39.0. The Bertz CT molecular complexity index is 738. The molecule has 0 N–H and O–H groups in total. The highest BCUT2D eigenvalue weighted by Crippen LogP contribution is 2.33. The smallest absolute Gasteiger partial charge is 0.243 e. The van der Waals surface area contributed by atoms with E-state index in [1.165, 1.54) is 32.1 Å². The lowest BCUT2D eigenvalue weighted by atomic mass is 9.89. The van der Waals surface area contributed by atoms with E-state index in [0.29, 0.717) is 42.7 Å². The van der Waals surface area contributed by atoms with Crippen LogP contribution < -0.4 is 9.47 Å². The maximum absolute atomic E-state index is 13.1. The number of nitrogens with zero attached hydrogens (tertiary/aromatic N) is 2. The first kappa shape index (κ1) is 19.0. The van der Waals surface area contributed by atoms with E-state index in [4.69, 9.17) is 9.47 Å². The van der Waals surface area contributed by atoms with Gasteiger partial charge in [-0.2, -0.15) is 4.31 Å². The van der Waals surface area contributed by atoms with Gasteiger partial charge in [0.1, 0.15) is 0 Å². The minimum Gasteiger partial charge on any atom is -0.490 e. The largest absolute Gasteiger partial charge is 0.490 e. The monoisotopic (exact) mass is 394 g/mol. The highest BCUT2D eigenvalue weighted by atomic mass is 32.2. The fourth-order valence-electron chi connectivity index (χ4n) is 4.34. The van der Waals surface area contributed by atoms with Gasteiger partial charge in [0.2, 0.25) is 10.0 Å². The van der Waals surface area contributed by atoms with Gasteiger partial charge in [0.05, 0.1) is 18.1 Å². The first-order valence-corrected chi connectivity index (χ1v) is 11.7. The van der Waals surface area contributed by atoms with Gasteiger partial charge in [0, 0.05) is 45.2 Å². The molecule has 0 amide bonds. The van der Waals surface area contributed by atoms with Crippen molar-refractivity contribution in [2.45, 2.75) is 43.4 Å². The van der Waals surface area contributed by atoms with Crippen molar-refractivity contribution in [2.24, 2.45) is 5.92 Å². The van der Waals surface area contributed by atoms with Crippen molar-refractivity contribution in [3.63, 3.8) is 0 Å². The molecule has 2 aliphatic heterocycles. The van der Waals surface area contributed by atoms with Crippen LogP contribution in [0.15, 0.2) is 23.1 Å². The molecule has 0 spiro atoms. The Kier molecular flexibility index (Phi) is 5.90. The van der Waals surface area contributed by atoms with Gasteiger partial charge >= 0.3 is 0 Å². The minimum atomic E-state index is -3.49. The molecule has 3 aliphatic rings. The Morgan fingerprint density at radius 3 is 2.33 bits per heavy atom. The Morgan fingerprint density at radius 2 is 1.59 bits per heavy atom. The second-order valence-corrected chi connectivity index (χ2v) is 9.81. The zero-order valence-corrected chi connectivity index (χ0v) is 16.8. The van der Waals surface area contributed by atoms with E-state index < -0.39 is 10.0 Å². The molecule has 0 atom stereocenters. The van der Waals surface area contributed by atoms with Crippen LogP contribution in [0.5, 0.6) is 11.5 Å². The van der Waals surface area contributed by atoms with Crippen LogP contribution in [0.2, 0.25) is 0 Å². The maximum atomic E-state index is 13.1. The minimum absolute atomic E-state index is 0.299. The Labute approximate surface area is 162 Å². The summed E-state index contributed by atoms with van der Waals surface area (Å²) in [6.07, 6.45) is 7.54. The number of ether oxygens (including phenoxy) is 2. The van der Waals surface area contributed by atoms with Crippen molar-refractivity contribution in [3.05, 3.63) is 18.2 Å². The van der Waals surface area contributed by atoms with Crippen molar-refractivity contribution >= 4 is 10.0 Å². The van der Waals surface area contributed by atoms with Crippen LogP contribution in [0.25, 0.3) is 0 Å². The lowest BCUT2D eigenvalue weighted by Crippen LogP contribution is -2.49. The second-order valence-electron chi connectivity index (χ2n) is 7.87. The molecular weight excluding hydrogens is 364 g/mol. The molecule has 1 aliphatic carbocycles. The molecular formula is C20H30N2O4S. The highest BCUT2D eigenvalue weighted by Gasteiger charge is 2.30. The van der Waals surface area contributed by atoms with Gasteiger partial charge in [-0.15, -0.1) is 0 Å². The highest BCUT2D eigenvalue weighted by molar-refractivity contribution is 7.89. The lowest BCUT2D eigenvalue weighted by Gasteiger charge is -2.36. The lowest BCUT2D eigenvalue weighted by molar-refractivity contribution is 0.150. The van der Waals surface area contributed by atoms with Crippen molar-refractivity contribution in [3.8, 4) is 11.5 Å². The fraction of sp³-hybridized carbons (Fsp3) is 0.700. The maximum Gasteiger partial charge on any atom is 0.243 e. The SMILES string of the molecule is O=S(=O)(c1ccc2c(c1)OCCCO2)N1CCN(CC2CCCCC2)CC1. The third kappa shape index (κ3) is 4.41. The van der Waals surface area contributed by atoms with Gasteiger partial charge in [0.15, 0.2) is 11.5 Å². The molecule has 7 heteroatoms. The van der Waals surface area contributed by atoms with Crippen LogP contribution >= 0.6 is 0 Å². The summed E-state index contributed by atoms with van der Waals surface area (Å²) in [6.45, 7) is 5.03. The number of hydrogen-bond acceptors (Lipinski definition) is 5. The van der Waals surface area contributed by atoms with Gasteiger partial charge in [-0.1, -0.05) is 19.3 Å². The van der Waals surface area contributed by atoms with Crippen molar-refractivity contribution < 1.29 is 17.9 Å². The zero-order valence-electron chi connectivity index (χ0n) is 15.9. The van der Waals surface area contributed by atoms with E-state index >= 15 is 0 Å². The van der Waals surface area contributed by atoms with Crippen LogP contribution in [0, 0.1) is 5.92 Å². The van der Waals surface area contributed by atoms with Crippen molar-refractivity contribution in [2.75, 3.05) is 45.9 Å². The van der Waals surface area contributed by atoms with E-state index in [1.54, 1.807) is 22.5 Å². The topological polar surface area (TPSA) is 59.1 Å². The fourth-order valence-corrected chi connectivity index (χ4v) is 5.78. The van der Waals surface area contributed by atoms with E-state index in [9.17, 15) is 8.42 Å². The number of fused-ring (bicyclic) bond motifs is 1. The van der Waals surface area contributed by atoms with Gasteiger partial charge < -0.3 is 14.4 Å². The molecule has 4 rings (SSSR count). The average Bonchev–Trinajstić information content (AvgIpc) is 2.94. The molecule has 2 heterocycles. The summed E-state index contributed by atoms with van der Waals surface area (Å²) in [5, 5.41) is 0. The Balaban J connectivity index is 1.39. The zero-order chi connectivity index (χ0) is 18.7. The molecule has 0 radical (unpaired) electrons. The number of benzene rings is 1. The van der Waals surface area contributed by atoms with E-state index in [0.717, 1.165) is 32.0 Å². The summed E-state index contributed by atoms with van der Waals surface area (Å²) in [5.41, 5.74) is 0. The molecule has 1 aromatic carbocycles. The summed E-state index contributed by atoms with van der Waals surface area (Å²) in [4.78, 5) is 2.74. The van der Waals surface area contributed by atoms with Gasteiger partial charge in [0.25, 0.3) is 0 Å². The van der Waals surface area contributed by atoms with Gasteiger partial charge in [-0.3, -0.25) is 0 Å².